The third-order valence-corrected chi connectivity index (χ3v) is 5.78. The molecule has 2 aliphatic rings. The van der Waals surface area contributed by atoms with Crippen LogP contribution in [-0.4, -0.2) is 35.9 Å². The fourth-order valence-electron chi connectivity index (χ4n) is 4.30. The number of benzene rings is 2. The van der Waals surface area contributed by atoms with Gasteiger partial charge >= 0.3 is 7.05 Å². The number of hydrogen-bond donors (Lipinski definition) is 1. The van der Waals surface area contributed by atoms with Crippen LogP contribution < -0.4 is 4.90 Å². The zero-order valence-corrected chi connectivity index (χ0v) is 14.9. The summed E-state index contributed by atoms with van der Waals surface area (Å²) >= 11 is 0. The van der Waals surface area contributed by atoms with Gasteiger partial charge in [0.25, 0.3) is 0 Å². The largest absolute Gasteiger partial charge is 0.437 e. The number of halogens is 1. The van der Waals surface area contributed by atoms with Crippen molar-refractivity contribution in [3.63, 3.8) is 0 Å². The third kappa shape index (κ3) is 2.74. The van der Waals surface area contributed by atoms with Crippen molar-refractivity contribution < 1.29 is 14.2 Å². The molecule has 0 aliphatic carbocycles. The van der Waals surface area contributed by atoms with Crippen LogP contribution in [0, 0.1) is 5.82 Å². The van der Waals surface area contributed by atoms with Crippen LogP contribution >= 0.6 is 0 Å². The van der Waals surface area contributed by atoms with Crippen molar-refractivity contribution in [3.05, 3.63) is 65.5 Å². The maximum atomic E-state index is 14.0. The maximum absolute atomic E-state index is 14.0. The molecule has 1 amide bonds. The second kappa shape index (κ2) is 6.52. The van der Waals surface area contributed by atoms with Crippen molar-refractivity contribution in [1.82, 2.24) is 4.81 Å². The highest BCUT2D eigenvalue weighted by atomic mass is 19.1. The molecule has 1 saturated heterocycles. The molecule has 1 fully saturated rings. The van der Waals surface area contributed by atoms with Crippen LogP contribution in [0.3, 0.4) is 0 Å². The molecule has 1 spiro atoms. The van der Waals surface area contributed by atoms with Crippen molar-refractivity contribution >= 4 is 18.6 Å². The molecule has 0 atom stereocenters. The third-order valence-electron chi connectivity index (χ3n) is 5.78. The number of nitrogens with zero attached hydrogens (tertiary/aromatic N) is 2. The quantitative estimate of drug-likeness (QED) is 0.864. The fraction of sp³-hybridized carbons (Fsp3) is 0.350. The molecule has 6 heteroatoms. The summed E-state index contributed by atoms with van der Waals surface area (Å²) in [6.45, 7) is 3.47. The van der Waals surface area contributed by atoms with Gasteiger partial charge in [-0.15, -0.1) is 0 Å². The average molecular weight is 352 g/mol. The number of amides is 1. The monoisotopic (exact) mass is 352 g/mol. The molecule has 1 N–H and O–H groups in total. The second-order valence-electron chi connectivity index (χ2n) is 7.29. The summed E-state index contributed by atoms with van der Waals surface area (Å²) in [7, 11) is -0.531. The van der Waals surface area contributed by atoms with Crippen molar-refractivity contribution in [2.45, 2.75) is 31.6 Å². The molecule has 0 saturated carbocycles. The Morgan fingerprint density at radius 2 is 1.85 bits per heavy atom. The number of carbonyl (C=O) groups excluding carboxylic acids is 1. The predicted molar refractivity (Wildman–Crippen MR) is 100 cm³/mol. The van der Waals surface area contributed by atoms with Crippen molar-refractivity contribution in [2.75, 3.05) is 18.0 Å². The SMILES string of the molecule is CB(O)N1CCC2(CC1)C(=O)N(Cc1ccccc1)c1ccc(F)cc12. The van der Waals surface area contributed by atoms with E-state index in [1.54, 1.807) is 17.8 Å². The Morgan fingerprint density at radius 3 is 2.50 bits per heavy atom. The number of piperidine rings is 1. The number of carbonyl (C=O) groups is 1. The van der Waals surface area contributed by atoms with Gasteiger partial charge in [0.05, 0.1) is 12.0 Å². The van der Waals surface area contributed by atoms with E-state index in [0.717, 1.165) is 16.8 Å². The summed E-state index contributed by atoms with van der Waals surface area (Å²) < 4.78 is 14.0. The van der Waals surface area contributed by atoms with Crippen molar-refractivity contribution in [3.8, 4) is 0 Å². The summed E-state index contributed by atoms with van der Waals surface area (Å²) in [5.41, 5.74) is 1.97. The molecule has 0 aromatic heterocycles. The fourth-order valence-corrected chi connectivity index (χ4v) is 4.30. The van der Waals surface area contributed by atoms with Gasteiger partial charge in [-0.05, 0) is 62.1 Å². The highest BCUT2D eigenvalue weighted by molar-refractivity contribution is 6.45. The van der Waals surface area contributed by atoms with E-state index in [1.807, 2.05) is 35.1 Å². The van der Waals surface area contributed by atoms with E-state index in [4.69, 9.17) is 0 Å². The van der Waals surface area contributed by atoms with E-state index in [2.05, 4.69) is 0 Å². The molecule has 134 valence electrons. The van der Waals surface area contributed by atoms with Crippen LogP contribution in [0.1, 0.15) is 24.0 Å². The van der Waals surface area contributed by atoms with Gasteiger partial charge in [0.15, 0.2) is 0 Å². The normalized spacial score (nSPS) is 19.0. The summed E-state index contributed by atoms with van der Waals surface area (Å²) in [5, 5.41) is 9.83. The number of fused-ring (bicyclic) bond motifs is 2. The molecule has 2 aliphatic heterocycles. The number of rotatable bonds is 3. The first kappa shape index (κ1) is 17.2. The Hall–Kier alpha value is -2.18. The molecular formula is C20H22BFN2O2. The van der Waals surface area contributed by atoms with Crippen LogP contribution in [0.5, 0.6) is 0 Å². The minimum absolute atomic E-state index is 0.0483. The molecule has 2 aromatic carbocycles. The van der Waals surface area contributed by atoms with E-state index in [-0.39, 0.29) is 11.7 Å². The topological polar surface area (TPSA) is 43.8 Å². The zero-order valence-electron chi connectivity index (χ0n) is 14.9. The zero-order chi connectivity index (χ0) is 18.3. The second-order valence-corrected chi connectivity index (χ2v) is 7.29. The molecule has 0 bridgehead atoms. The van der Waals surface area contributed by atoms with Crippen LogP contribution in [-0.2, 0) is 16.8 Å². The average Bonchev–Trinajstić information content (AvgIpc) is 2.86. The summed E-state index contributed by atoms with van der Waals surface area (Å²) in [4.78, 5) is 17.2. The lowest BCUT2D eigenvalue weighted by molar-refractivity contribution is -0.124. The van der Waals surface area contributed by atoms with Gasteiger partial charge in [-0.1, -0.05) is 30.3 Å². The summed E-state index contributed by atoms with van der Waals surface area (Å²) in [5.74, 6) is -0.261. The highest BCUT2D eigenvalue weighted by Gasteiger charge is 2.52. The highest BCUT2D eigenvalue weighted by Crippen LogP contribution is 2.48. The van der Waals surface area contributed by atoms with Gasteiger partial charge in [-0.3, -0.25) is 4.79 Å². The molecule has 0 unspecified atom stereocenters. The molecule has 4 nitrogen and oxygen atoms in total. The van der Waals surface area contributed by atoms with Crippen molar-refractivity contribution in [2.24, 2.45) is 0 Å². The first-order chi connectivity index (χ1) is 12.5. The molecule has 2 aromatic rings. The van der Waals surface area contributed by atoms with Gasteiger partial charge in [0.2, 0.25) is 5.91 Å². The lowest BCUT2D eigenvalue weighted by atomic mass is 9.70. The Balaban J connectivity index is 1.71. The van der Waals surface area contributed by atoms with E-state index in [0.29, 0.717) is 32.5 Å². The maximum Gasteiger partial charge on any atom is 0.376 e. The minimum Gasteiger partial charge on any atom is -0.437 e. The first-order valence-electron chi connectivity index (χ1n) is 9.09. The van der Waals surface area contributed by atoms with Crippen LogP contribution in [0.25, 0.3) is 0 Å². The smallest absolute Gasteiger partial charge is 0.376 e. The van der Waals surface area contributed by atoms with Crippen LogP contribution in [0.4, 0.5) is 10.1 Å². The first-order valence-corrected chi connectivity index (χ1v) is 9.09. The van der Waals surface area contributed by atoms with Gasteiger partial charge in [0.1, 0.15) is 5.82 Å². The minimum atomic E-state index is -0.683. The van der Waals surface area contributed by atoms with Gasteiger partial charge in [-0.25, -0.2) is 4.39 Å². The molecule has 2 heterocycles. The Bertz CT molecular complexity index is 820. The van der Waals surface area contributed by atoms with E-state index < -0.39 is 12.5 Å². The number of anilines is 1. The predicted octanol–water partition coefficient (Wildman–Crippen LogP) is 2.82. The van der Waals surface area contributed by atoms with E-state index in [9.17, 15) is 14.2 Å². The molecule has 4 rings (SSSR count). The van der Waals surface area contributed by atoms with Crippen molar-refractivity contribution in [1.29, 1.82) is 0 Å². The molecule has 0 radical (unpaired) electrons. The lowest BCUT2D eigenvalue weighted by Gasteiger charge is -2.39. The van der Waals surface area contributed by atoms with E-state index in [1.165, 1.54) is 12.1 Å². The Morgan fingerprint density at radius 1 is 1.15 bits per heavy atom. The lowest BCUT2D eigenvalue weighted by Crippen LogP contribution is -2.51. The Labute approximate surface area is 153 Å². The van der Waals surface area contributed by atoms with Gasteiger partial charge in [-0.2, -0.15) is 0 Å². The van der Waals surface area contributed by atoms with Gasteiger partial charge < -0.3 is 14.7 Å². The molecular weight excluding hydrogens is 330 g/mol. The standard InChI is InChI=1S/C20H22BFN2O2/c1-21(26)23-11-9-20(10-12-23)17-13-16(22)7-8-18(17)24(19(20)25)14-15-5-3-2-4-6-15/h2-8,13,26H,9-12,14H2,1H3. The molecule has 26 heavy (non-hydrogen) atoms. The van der Waals surface area contributed by atoms with Gasteiger partial charge in [0, 0.05) is 5.69 Å². The van der Waals surface area contributed by atoms with Crippen LogP contribution in [0.2, 0.25) is 6.82 Å². The van der Waals surface area contributed by atoms with E-state index >= 15 is 0 Å². The summed E-state index contributed by atoms with van der Waals surface area (Å²) in [6, 6.07) is 14.5. The Kier molecular flexibility index (Phi) is 4.33. The number of hydrogen-bond acceptors (Lipinski definition) is 3. The summed E-state index contributed by atoms with van der Waals surface area (Å²) in [6.07, 6.45) is 1.19. The van der Waals surface area contributed by atoms with Crippen LogP contribution in [0.15, 0.2) is 48.5 Å².